The smallest absolute Gasteiger partial charge is 0.287 e. The van der Waals surface area contributed by atoms with Gasteiger partial charge in [0, 0.05) is 12.6 Å². The molecule has 2 aliphatic carbocycles. The zero-order chi connectivity index (χ0) is 12.7. The third-order valence-electron chi connectivity index (χ3n) is 3.87. The predicted molar refractivity (Wildman–Crippen MR) is 72.0 cm³/mol. The molecule has 0 bridgehead atoms. The zero-order valence-corrected chi connectivity index (χ0v) is 11.3. The summed E-state index contributed by atoms with van der Waals surface area (Å²) in [4.78, 5) is 11.9. The van der Waals surface area contributed by atoms with Gasteiger partial charge in [-0.3, -0.25) is 4.79 Å². The molecular formula is C13H18ClN3O. The van der Waals surface area contributed by atoms with Crippen molar-refractivity contribution in [2.24, 2.45) is 11.8 Å². The number of aryl methyl sites for hydroxylation is 1. The highest BCUT2D eigenvalue weighted by molar-refractivity contribution is 6.32. The summed E-state index contributed by atoms with van der Waals surface area (Å²) in [5.74, 6) is 1.53. The fourth-order valence-electron chi connectivity index (χ4n) is 2.50. The van der Waals surface area contributed by atoms with E-state index in [2.05, 4.69) is 10.4 Å². The SMILES string of the molecule is CCn1ncc(NC(C2CC2)C2CC2)c(Cl)c1=O. The topological polar surface area (TPSA) is 46.9 Å². The Morgan fingerprint density at radius 1 is 1.44 bits per heavy atom. The number of halogens is 1. The Morgan fingerprint density at radius 3 is 2.56 bits per heavy atom. The molecule has 0 amide bonds. The van der Waals surface area contributed by atoms with Gasteiger partial charge in [0.15, 0.2) is 0 Å². The molecule has 1 N–H and O–H groups in total. The first-order valence-electron chi connectivity index (χ1n) is 6.73. The standard InChI is InChI=1S/C13H18ClN3O/c1-2-17-13(18)11(14)10(7-15-17)16-12(8-3-4-8)9-5-6-9/h7-9,12,16H,2-6H2,1H3. The van der Waals surface area contributed by atoms with E-state index in [0.29, 0.717) is 18.3 Å². The van der Waals surface area contributed by atoms with E-state index in [1.54, 1.807) is 6.20 Å². The lowest BCUT2D eigenvalue weighted by molar-refractivity contribution is 0.564. The Kier molecular flexibility index (Phi) is 3.06. The van der Waals surface area contributed by atoms with E-state index in [-0.39, 0.29) is 10.6 Å². The number of rotatable bonds is 5. The van der Waals surface area contributed by atoms with Crippen molar-refractivity contribution in [2.75, 3.05) is 5.32 Å². The van der Waals surface area contributed by atoms with Crippen molar-refractivity contribution in [3.63, 3.8) is 0 Å². The van der Waals surface area contributed by atoms with E-state index < -0.39 is 0 Å². The van der Waals surface area contributed by atoms with Gasteiger partial charge in [-0.25, -0.2) is 4.68 Å². The van der Waals surface area contributed by atoms with Gasteiger partial charge in [-0.1, -0.05) is 11.6 Å². The quantitative estimate of drug-likeness (QED) is 0.892. The Morgan fingerprint density at radius 2 is 2.06 bits per heavy atom. The largest absolute Gasteiger partial charge is 0.379 e. The molecule has 2 fully saturated rings. The van der Waals surface area contributed by atoms with Crippen LogP contribution in [-0.4, -0.2) is 15.8 Å². The molecule has 18 heavy (non-hydrogen) atoms. The van der Waals surface area contributed by atoms with Gasteiger partial charge in [-0.05, 0) is 44.4 Å². The molecule has 0 aromatic carbocycles. The van der Waals surface area contributed by atoms with Crippen LogP contribution in [0, 0.1) is 11.8 Å². The maximum absolute atomic E-state index is 11.9. The van der Waals surface area contributed by atoms with Crippen LogP contribution in [0.3, 0.4) is 0 Å². The van der Waals surface area contributed by atoms with Gasteiger partial charge in [0.05, 0.1) is 11.9 Å². The Hall–Kier alpha value is -1.03. The van der Waals surface area contributed by atoms with Crippen molar-refractivity contribution in [3.05, 3.63) is 21.6 Å². The van der Waals surface area contributed by atoms with E-state index in [1.165, 1.54) is 30.4 Å². The highest BCUT2D eigenvalue weighted by Crippen LogP contribution is 2.46. The van der Waals surface area contributed by atoms with Crippen molar-refractivity contribution in [1.29, 1.82) is 0 Å². The fourth-order valence-corrected chi connectivity index (χ4v) is 2.70. The Balaban J connectivity index is 1.83. The summed E-state index contributed by atoms with van der Waals surface area (Å²) >= 11 is 6.14. The highest BCUT2D eigenvalue weighted by atomic mass is 35.5. The van der Waals surface area contributed by atoms with Crippen LogP contribution in [0.15, 0.2) is 11.0 Å². The van der Waals surface area contributed by atoms with Gasteiger partial charge in [0.25, 0.3) is 5.56 Å². The maximum Gasteiger partial charge on any atom is 0.287 e. The molecule has 0 aliphatic heterocycles. The fraction of sp³-hybridized carbons (Fsp3) is 0.692. The molecule has 1 aromatic heterocycles. The molecule has 0 atom stereocenters. The van der Waals surface area contributed by atoms with E-state index in [0.717, 1.165) is 11.8 Å². The molecule has 2 saturated carbocycles. The first-order valence-corrected chi connectivity index (χ1v) is 7.10. The van der Waals surface area contributed by atoms with Crippen molar-refractivity contribution in [1.82, 2.24) is 9.78 Å². The molecule has 1 aromatic rings. The molecule has 2 aliphatic rings. The summed E-state index contributed by atoms with van der Waals surface area (Å²) in [5, 5.41) is 7.86. The number of hydrogen-bond acceptors (Lipinski definition) is 3. The first kappa shape index (κ1) is 12.0. The van der Waals surface area contributed by atoms with Gasteiger partial charge < -0.3 is 5.32 Å². The summed E-state index contributed by atoms with van der Waals surface area (Å²) in [6, 6.07) is 0.487. The molecule has 0 saturated heterocycles. The van der Waals surface area contributed by atoms with E-state index in [9.17, 15) is 4.79 Å². The van der Waals surface area contributed by atoms with Gasteiger partial charge in [0.1, 0.15) is 5.02 Å². The minimum Gasteiger partial charge on any atom is -0.379 e. The number of aromatic nitrogens is 2. The minimum absolute atomic E-state index is 0.200. The second kappa shape index (κ2) is 4.57. The molecule has 0 spiro atoms. The third-order valence-corrected chi connectivity index (χ3v) is 4.23. The van der Waals surface area contributed by atoms with Crippen LogP contribution in [0.5, 0.6) is 0 Å². The molecule has 0 unspecified atom stereocenters. The van der Waals surface area contributed by atoms with Crippen LogP contribution >= 0.6 is 11.6 Å². The van der Waals surface area contributed by atoms with E-state index >= 15 is 0 Å². The summed E-state index contributed by atoms with van der Waals surface area (Å²) in [7, 11) is 0. The van der Waals surface area contributed by atoms with E-state index in [4.69, 9.17) is 11.6 Å². The number of nitrogens with one attached hydrogen (secondary N) is 1. The zero-order valence-electron chi connectivity index (χ0n) is 10.5. The maximum atomic E-state index is 11.9. The second-order valence-electron chi connectivity index (χ2n) is 5.34. The lowest BCUT2D eigenvalue weighted by Gasteiger charge is -2.19. The lowest BCUT2D eigenvalue weighted by Crippen LogP contribution is -2.28. The molecule has 5 heteroatoms. The lowest BCUT2D eigenvalue weighted by atomic mass is 10.1. The van der Waals surface area contributed by atoms with Gasteiger partial charge in [-0.15, -0.1) is 0 Å². The molecule has 3 rings (SSSR count). The monoisotopic (exact) mass is 267 g/mol. The van der Waals surface area contributed by atoms with Crippen LogP contribution in [-0.2, 0) is 6.54 Å². The predicted octanol–water partition coefficient (Wildman–Crippen LogP) is 2.52. The summed E-state index contributed by atoms with van der Waals surface area (Å²) in [6.45, 7) is 2.43. The van der Waals surface area contributed by atoms with Crippen LogP contribution < -0.4 is 10.9 Å². The summed E-state index contributed by atoms with van der Waals surface area (Å²) in [5.41, 5.74) is 0.504. The van der Waals surface area contributed by atoms with Gasteiger partial charge in [-0.2, -0.15) is 5.10 Å². The van der Waals surface area contributed by atoms with Crippen molar-refractivity contribution >= 4 is 17.3 Å². The number of nitrogens with zero attached hydrogens (tertiary/aromatic N) is 2. The first-order chi connectivity index (χ1) is 8.70. The van der Waals surface area contributed by atoms with Crippen LogP contribution in [0.25, 0.3) is 0 Å². The van der Waals surface area contributed by atoms with Gasteiger partial charge >= 0.3 is 0 Å². The van der Waals surface area contributed by atoms with Crippen LogP contribution in [0.2, 0.25) is 5.02 Å². The second-order valence-corrected chi connectivity index (χ2v) is 5.72. The highest BCUT2D eigenvalue weighted by Gasteiger charge is 2.41. The average molecular weight is 268 g/mol. The molecule has 98 valence electrons. The molecular weight excluding hydrogens is 250 g/mol. The molecule has 0 radical (unpaired) electrons. The summed E-state index contributed by atoms with van der Waals surface area (Å²) < 4.78 is 1.39. The normalized spacial score (nSPS) is 19.3. The van der Waals surface area contributed by atoms with E-state index in [1.807, 2.05) is 6.92 Å². The summed E-state index contributed by atoms with van der Waals surface area (Å²) in [6.07, 6.45) is 6.87. The number of hydrogen-bond donors (Lipinski definition) is 1. The number of anilines is 1. The minimum atomic E-state index is -0.200. The average Bonchev–Trinajstić information content (AvgIpc) is 3.24. The van der Waals surface area contributed by atoms with Crippen molar-refractivity contribution in [3.8, 4) is 0 Å². The van der Waals surface area contributed by atoms with Crippen molar-refractivity contribution < 1.29 is 0 Å². The molecule has 1 heterocycles. The Labute approximate surface area is 111 Å². The van der Waals surface area contributed by atoms with Gasteiger partial charge in [0.2, 0.25) is 0 Å². The third kappa shape index (κ3) is 2.26. The van der Waals surface area contributed by atoms with Crippen LogP contribution in [0.1, 0.15) is 32.6 Å². The Bertz CT molecular complexity index is 493. The van der Waals surface area contributed by atoms with Crippen molar-refractivity contribution in [2.45, 2.75) is 45.2 Å². The molecule has 4 nitrogen and oxygen atoms in total. The van der Waals surface area contributed by atoms with Crippen LogP contribution in [0.4, 0.5) is 5.69 Å².